The van der Waals surface area contributed by atoms with E-state index < -0.39 is 11.4 Å². The number of nitrogens with two attached hydrogens (primary N) is 1. The zero-order chi connectivity index (χ0) is 27.9. The topological polar surface area (TPSA) is 147 Å². The van der Waals surface area contributed by atoms with E-state index in [0.717, 1.165) is 28.0 Å². The molecule has 0 saturated heterocycles. The van der Waals surface area contributed by atoms with Crippen LogP contribution in [-0.2, 0) is 10.3 Å². The normalized spacial score (nSPS) is 12.1. The summed E-state index contributed by atoms with van der Waals surface area (Å²) < 4.78 is 9.73. The first-order valence-corrected chi connectivity index (χ1v) is 12.4. The Morgan fingerprint density at radius 2 is 1.85 bits per heavy atom. The van der Waals surface area contributed by atoms with E-state index in [1.165, 1.54) is 12.5 Å². The third-order valence-corrected chi connectivity index (χ3v) is 6.35. The fraction of sp³-hybridized carbons (Fsp3) is 0.286. The number of nitrogen functional groups attached to an aromatic ring is 1. The number of imidazole rings is 1. The molecule has 5 rings (SSSR count). The average Bonchev–Trinajstić information content (AvgIpc) is 3.55. The standard InChI is InChI=1S/C28H30N8O3/c1-27(2,3)36-22-9-6-17(21-12-32-24(29)13-31-21)10-20(22)34-25(36)19-8-7-18(39-14-28(4,5)26(37)38)11-23(19)35-16-30-15-33-35/h6-13,15-16H,14H2,1-5H3,(H2,29,32)(H,37,38). The van der Waals surface area contributed by atoms with Crippen molar-refractivity contribution in [1.82, 2.24) is 34.3 Å². The van der Waals surface area contributed by atoms with Gasteiger partial charge in [-0.2, -0.15) is 5.10 Å². The number of nitrogens with zero attached hydrogens (tertiary/aromatic N) is 7. The quantitative estimate of drug-likeness (QED) is 0.311. The van der Waals surface area contributed by atoms with Crippen molar-refractivity contribution in [2.24, 2.45) is 5.41 Å². The molecule has 11 heteroatoms. The van der Waals surface area contributed by atoms with Crippen LogP contribution in [0, 0.1) is 5.41 Å². The summed E-state index contributed by atoms with van der Waals surface area (Å²) in [5, 5.41) is 13.8. The zero-order valence-corrected chi connectivity index (χ0v) is 22.5. The van der Waals surface area contributed by atoms with Crippen LogP contribution in [0.4, 0.5) is 5.82 Å². The van der Waals surface area contributed by atoms with Gasteiger partial charge in [0.25, 0.3) is 0 Å². The number of carboxylic acid groups (broad SMARTS) is 1. The number of fused-ring (bicyclic) bond motifs is 1. The van der Waals surface area contributed by atoms with E-state index in [1.54, 1.807) is 31.1 Å². The summed E-state index contributed by atoms with van der Waals surface area (Å²) in [5.74, 6) is 0.680. The van der Waals surface area contributed by atoms with E-state index in [-0.39, 0.29) is 12.1 Å². The van der Waals surface area contributed by atoms with Gasteiger partial charge in [-0.05, 0) is 58.9 Å². The number of hydrogen-bond donors (Lipinski definition) is 2. The van der Waals surface area contributed by atoms with Crippen LogP contribution < -0.4 is 10.5 Å². The van der Waals surface area contributed by atoms with E-state index in [4.69, 9.17) is 15.5 Å². The van der Waals surface area contributed by atoms with Crippen molar-refractivity contribution < 1.29 is 14.6 Å². The first-order valence-electron chi connectivity index (χ1n) is 12.4. The van der Waals surface area contributed by atoms with Crippen LogP contribution in [0.1, 0.15) is 34.6 Å². The van der Waals surface area contributed by atoms with Gasteiger partial charge in [0.05, 0.1) is 40.2 Å². The monoisotopic (exact) mass is 526 g/mol. The molecule has 2 aromatic carbocycles. The molecule has 3 aromatic heterocycles. The second-order valence-corrected chi connectivity index (χ2v) is 11.0. The summed E-state index contributed by atoms with van der Waals surface area (Å²) in [4.78, 5) is 29.3. The van der Waals surface area contributed by atoms with Crippen LogP contribution in [0.5, 0.6) is 5.75 Å². The van der Waals surface area contributed by atoms with Crippen molar-refractivity contribution in [3.05, 3.63) is 61.4 Å². The Balaban J connectivity index is 1.65. The van der Waals surface area contributed by atoms with Gasteiger partial charge in [-0.15, -0.1) is 0 Å². The summed E-state index contributed by atoms with van der Waals surface area (Å²) >= 11 is 0. The van der Waals surface area contributed by atoms with Crippen molar-refractivity contribution in [3.63, 3.8) is 0 Å². The molecule has 0 aliphatic carbocycles. The lowest BCUT2D eigenvalue weighted by Crippen LogP contribution is -2.30. The maximum atomic E-state index is 11.6. The molecular formula is C28H30N8O3. The van der Waals surface area contributed by atoms with Crippen LogP contribution in [-0.4, -0.2) is 52.0 Å². The number of benzene rings is 2. The van der Waals surface area contributed by atoms with Crippen LogP contribution in [0.15, 0.2) is 61.4 Å². The third kappa shape index (κ3) is 5.02. The maximum Gasteiger partial charge on any atom is 0.312 e. The Hall–Kier alpha value is -4.80. The summed E-state index contributed by atoms with van der Waals surface area (Å²) in [7, 11) is 0. The largest absolute Gasteiger partial charge is 0.492 e. The van der Waals surface area contributed by atoms with E-state index in [0.29, 0.717) is 22.9 Å². The molecular weight excluding hydrogens is 496 g/mol. The number of anilines is 1. The molecule has 0 fully saturated rings. The minimum Gasteiger partial charge on any atom is -0.492 e. The van der Waals surface area contributed by atoms with Crippen LogP contribution in [0.3, 0.4) is 0 Å². The SMILES string of the molecule is CC(C)(COc1ccc(-c2nc3cc(-c4cnc(N)cn4)ccc3n2C(C)(C)C)c(-n2cncn2)c1)C(=O)O. The predicted octanol–water partition coefficient (Wildman–Crippen LogP) is 4.57. The highest BCUT2D eigenvalue weighted by atomic mass is 16.5. The van der Waals surface area contributed by atoms with Crippen LogP contribution in [0.25, 0.3) is 39.4 Å². The smallest absolute Gasteiger partial charge is 0.312 e. The minimum atomic E-state index is -1.04. The minimum absolute atomic E-state index is 0.00971. The van der Waals surface area contributed by atoms with Crippen molar-refractivity contribution >= 4 is 22.8 Å². The highest BCUT2D eigenvalue weighted by Crippen LogP contribution is 2.37. The van der Waals surface area contributed by atoms with Crippen molar-refractivity contribution in [3.8, 4) is 34.1 Å². The number of aromatic nitrogens is 7. The van der Waals surface area contributed by atoms with Gasteiger partial charge in [0.1, 0.15) is 36.7 Å². The maximum absolute atomic E-state index is 11.6. The van der Waals surface area contributed by atoms with Gasteiger partial charge < -0.3 is 20.1 Å². The van der Waals surface area contributed by atoms with Crippen molar-refractivity contribution in [2.75, 3.05) is 12.3 Å². The Bertz CT molecular complexity index is 1650. The lowest BCUT2D eigenvalue weighted by Gasteiger charge is -2.25. The summed E-state index contributed by atoms with van der Waals surface area (Å²) in [5.41, 5.74) is 9.19. The molecule has 3 N–H and O–H groups in total. The van der Waals surface area contributed by atoms with E-state index in [2.05, 4.69) is 45.4 Å². The number of carboxylic acids is 1. The second kappa shape index (κ2) is 9.50. The van der Waals surface area contributed by atoms with Gasteiger partial charge in [-0.25, -0.2) is 19.6 Å². The Kier molecular flexibility index (Phi) is 6.29. The number of carbonyl (C=O) groups is 1. The van der Waals surface area contributed by atoms with Gasteiger partial charge in [0, 0.05) is 22.7 Å². The molecule has 0 radical (unpaired) electrons. The molecule has 5 aromatic rings. The molecule has 0 atom stereocenters. The van der Waals surface area contributed by atoms with Gasteiger partial charge in [-0.3, -0.25) is 9.78 Å². The van der Waals surface area contributed by atoms with Gasteiger partial charge in [-0.1, -0.05) is 6.07 Å². The highest BCUT2D eigenvalue weighted by molar-refractivity contribution is 5.86. The van der Waals surface area contributed by atoms with Gasteiger partial charge in [0.2, 0.25) is 0 Å². The highest BCUT2D eigenvalue weighted by Gasteiger charge is 2.29. The zero-order valence-electron chi connectivity index (χ0n) is 22.5. The fourth-order valence-corrected chi connectivity index (χ4v) is 4.22. The molecule has 3 heterocycles. The molecule has 0 aliphatic rings. The molecule has 11 nitrogen and oxygen atoms in total. The van der Waals surface area contributed by atoms with Crippen LogP contribution in [0.2, 0.25) is 0 Å². The first-order chi connectivity index (χ1) is 18.4. The molecule has 0 saturated carbocycles. The third-order valence-electron chi connectivity index (χ3n) is 6.35. The summed E-state index contributed by atoms with van der Waals surface area (Å²) in [6.07, 6.45) is 6.24. The van der Waals surface area contributed by atoms with Crippen molar-refractivity contribution in [2.45, 2.75) is 40.2 Å². The summed E-state index contributed by atoms with van der Waals surface area (Å²) in [6.45, 7) is 9.62. The summed E-state index contributed by atoms with van der Waals surface area (Å²) in [6, 6.07) is 11.6. The lowest BCUT2D eigenvalue weighted by molar-refractivity contribution is -0.148. The lowest BCUT2D eigenvalue weighted by atomic mass is 9.95. The average molecular weight is 527 g/mol. The second-order valence-electron chi connectivity index (χ2n) is 11.0. The Morgan fingerprint density at radius 1 is 1.05 bits per heavy atom. The number of aliphatic carboxylic acids is 1. The van der Waals surface area contributed by atoms with Crippen molar-refractivity contribution in [1.29, 1.82) is 0 Å². The number of hydrogen-bond acceptors (Lipinski definition) is 8. The molecule has 200 valence electrons. The number of rotatable bonds is 7. The van der Waals surface area contributed by atoms with E-state index in [9.17, 15) is 9.90 Å². The molecule has 0 spiro atoms. The molecule has 0 unspecified atom stereocenters. The predicted molar refractivity (Wildman–Crippen MR) is 147 cm³/mol. The van der Waals surface area contributed by atoms with E-state index >= 15 is 0 Å². The van der Waals surface area contributed by atoms with E-state index in [1.807, 2.05) is 36.4 Å². The molecule has 0 amide bonds. The van der Waals surface area contributed by atoms with Gasteiger partial charge in [0.15, 0.2) is 0 Å². The van der Waals surface area contributed by atoms with Crippen LogP contribution >= 0.6 is 0 Å². The fourth-order valence-electron chi connectivity index (χ4n) is 4.22. The number of ether oxygens (including phenoxy) is 1. The Morgan fingerprint density at radius 3 is 2.49 bits per heavy atom. The molecule has 0 bridgehead atoms. The van der Waals surface area contributed by atoms with Gasteiger partial charge >= 0.3 is 5.97 Å². The molecule has 39 heavy (non-hydrogen) atoms. The first kappa shape index (κ1) is 25.8. The Labute approximate surface area is 225 Å². The molecule has 0 aliphatic heterocycles.